The van der Waals surface area contributed by atoms with Crippen molar-refractivity contribution < 1.29 is 22.7 Å². The monoisotopic (exact) mass is 391 g/mol. The highest BCUT2D eigenvalue weighted by Gasteiger charge is 2.32. The molecule has 2 rings (SSSR count). The zero-order chi connectivity index (χ0) is 18.4. The lowest BCUT2D eigenvalue weighted by molar-refractivity contribution is -0.141. The Morgan fingerprint density at radius 3 is 2.80 bits per heavy atom. The molecule has 1 N–H and O–H groups in total. The molecule has 0 fully saturated rings. The fourth-order valence-electron chi connectivity index (χ4n) is 1.79. The number of aromatic nitrogens is 2. The van der Waals surface area contributed by atoms with E-state index in [2.05, 4.69) is 15.3 Å². The van der Waals surface area contributed by atoms with Crippen LogP contribution in [0.15, 0.2) is 35.6 Å². The molecule has 0 spiro atoms. The van der Waals surface area contributed by atoms with Crippen molar-refractivity contribution >= 4 is 35.0 Å². The predicted molar refractivity (Wildman–Crippen MR) is 89.0 cm³/mol. The highest BCUT2D eigenvalue weighted by atomic mass is 35.5. The smallest absolute Gasteiger partial charge is 0.433 e. The summed E-state index contributed by atoms with van der Waals surface area (Å²) in [6.07, 6.45) is -3.44. The van der Waals surface area contributed by atoms with Gasteiger partial charge in [-0.2, -0.15) is 13.2 Å². The Kier molecular flexibility index (Phi) is 6.49. The van der Waals surface area contributed by atoms with Gasteiger partial charge in [0.1, 0.15) is 11.4 Å². The number of methoxy groups -OCH3 is 1. The highest BCUT2D eigenvalue weighted by molar-refractivity contribution is 7.99. The topological polar surface area (TPSA) is 64.1 Å². The van der Waals surface area contributed by atoms with Crippen molar-refractivity contribution in [3.63, 3.8) is 0 Å². The molecule has 0 unspecified atom stereocenters. The molecule has 10 heteroatoms. The number of carbonyl (C=O) groups excluding carboxylic acids is 1. The van der Waals surface area contributed by atoms with Crippen LogP contribution in [0.1, 0.15) is 12.1 Å². The van der Waals surface area contributed by atoms with E-state index in [9.17, 15) is 18.0 Å². The van der Waals surface area contributed by atoms with Gasteiger partial charge in [-0.3, -0.25) is 4.79 Å². The Hall–Kier alpha value is -2.00. The molecule has 0 saturated carbocycles. The molecule has 134 valence electrons. The minimum absolute atomic E-state index is 0.0389. The molecule has 0 saturated heterocycles. The van der Waals surface area contributed by atoms with Crippen LogP contribution in [0.4, 0.5) is 18.9 Å². The van der Waals surface area contributed by atoms with E-state index in [0.29, 0.717) is 16.5 Å². The van der Waals surface area contributed by atoms with Gasteiger partial charge in [-0.05, 0) is 24.3 Å². The summed E-state index contributed by atoms with van der Waals surface area (Å²) in [5, 5.41) is 3.04. The van der Waals surface area contributed by atoms with Crippen molar-refractivity contribution in [1.82, 2.24) is 9.97 Å². The number of thioether (sulfide) groups is 1. The maximum Gasteiger partial charge on any atom is 0.433 e. The molecule has 1 amide bonds. The van der Waals surface area contributed by atoms with E-state index in [-0.39, 0.29) is 23.2 Å². The summed E-state index contributed by atoms with van der Waals surface area (Å²) in [6.45, 7) is 0. The lowest BCUT2D eigenvalue weighted by atomic mass is 10.3. The molecule has 0 aliphatic heterocycles. The highest BCUT2D eigenvalue weighted by Crippen LogP contribution is 2.29. The van der Waals surface area contributed by atoms with Gasteiger partial charge in [-0.25, -0.2) is 9.97 Å². The fourth-order valence-corrected chi connectivity index (χ4v) is 2.73. The Bertz CT molecular complexity index is 759. The van der Waals surface area contributed by atoms with E-state index >= 15 is 0 Å². The van der Waals surface area contributed by atoms with Gasteiger partial charge in [0.05, 0.1) is 12.8 Å². The Morgan fingerprint density at radius 1 is 1.36 bits per heavy atom. The number of nitrogens with zero attached hydrogens (tertiary/aromatic N) is 2. The van der Waals surface area contributed by atoms with Crippen molar-refractivity contribution in [2.45, 2.75) is 17.8 Å². The number of alkyl halides is 3. The average molecular weight is 392 g/mol. The number of carbonyl (C=O) groups is 1. The van der Waals surface area contributed by atoms with Crippen LogP contribution in [-0.2, 0) is 11.0 Å². The van der Waals surface area contributed by atoms with E-state index in [1.165, 1.54) is 7.11 Å². The first kappa shape index (κ1) is 19.3. The van der Waals surface area contributed by atoms with Crippen LogP contribution in [0.5, 0.6) is 5.75 Å². The molecule has 0 bridgehead atoms. The quantitative estimate of drug-likeness (QED) is 0.588. The van der Waals surface area contributed by atoms with E-state index in [0.717, 1.165) is 24.0 Å². The molecule has 0 atom stereocenters. The first-order valence-corrected chi connectivity index (χ1v) is 8.32. The van der Waals surface area contributed by atoms with Crippen molar-refractivity contribution in [1.29, 1.82) is 0 Å². The Morgan fingerprint density at radius 2 is 2.12 bits per heavy atom. The third kappa shape index (κ3) is 5.79. The van der Waals surface area contributed by atoms with E-state index < -0.39 is 11.9 Å². The second kappa shape index (κ2) is 8.39. The number of hydrogen-bond acceptors (Lipinski definition) is 5. The molecule has 0 aliphatic carbocycles. The summed E-state index contributed by atoms with van der Waals surface area (Å²) in [4.78, 5) is 19.1. The zero-order valence-corrected chi connectivity index (χ0v) is 14.5. The van der Waals surface area contributed by atoms with Crippen molar-refractivity contribution in [2.24, 2.45) is 0 Å². The maximum absolute atomic E-state index is 12.6. The standard InChI is InChI=1S/C15H13ClF3N3O2S/c1-24-11-3-2-9(16)8-10(11)21-13(23)5-7-25-14-20-6-4-12(22-14)15(17,18)19/h2-4,6,8H,5,7H2,1H3,(H,21,23). The number of benzene rings is 1. The van der Waals surface area contributed by atoms with Crippen LogP contribution < -0.4 is 10.1 Å². The van der Waals surface area contributed by atoms with E-state index in [4.69, 9.17) is 16.3 Å². The van der Waals surface area contributed by atoms with Crippen LogP contribution in [0.25, 0.3) is 0 Å². The van der Waals surface area contributed by atoms with Crippen LogP contribution in [0.3, 0.4) is 0 Å². The zero-order valence-electron chi connectivity index (χ0n) is 12.9. The van der Waals surface area contributed by atoms with Gasteiger partial charge < -0.3 is 10.1 Å². The van der Waals surface area contributed by atoms with Crippen molar-refractivity contribution in [3.05, 3.63) is 41.2 Å². The molecule has 2 aromatic rings. The number of nitrogens with one attached hydrogen (secondary N) is 1. The molecule has 1 heterocycles. The van der Waals surface area contributed by atoms with Crippen LogP contribution >= 0.6 is 23.4 Å². The SMILES string of the molecule is COc1ccc(Cl)cc1NC(=O)CCSc1nccc(C(F)(F)F)n1. The average Bonchev–Trinajstić information content (AvgIpc) is 2.54. The third-order valence-electron chi connectivity index (χ3n) is 2.92. The molecule has 0 radical (unpaired) electrons. The first-order valence-electron chi connectivity index (χ1n) is 6.96. The molecule has 25 heavy (non-hydrogen) atoms. The van der Waals surface area contributed by atoms with Crippen LogP contribution in [0.2, 0.25) is 5.02 Å². The summed E-state index contributed by atoms with van der Waals surface area (Å²) in [5.41, 5.74) is -0.599. The minimum atomic E-state index is -4.53. The van der Waals surface area contributed by atoms with Gasteiger partial charge >= 0.3 is 6.18 Å². The Balaban J connectivity index is 1.90. The summed E-state index contributed by atoms with van der Waals surface area (Å²) in [6, 6.07) is 5.57. The summed E-state index contributed by atoms with van der Waals surface area (Å²) in [5.74, 6) is 0.336. The number of amides is 1. The van der Waals surface area contributed by atoms with Crippen LogP contribution in [-0.4, -0.2) is 28.7 Å². The molecule has 1 aromatic carbocycles. The molecular formula is C15H13ClF3N3O2S. The molecular weight excluding hydrogens is 379 g/mol. The Labute approximate surface area is 151 Å². The van der Waals surface area contributed by atoms with Gasteiger partial charge in [-0.15, -0.1) is 0 Å². The van der Waals surface area contributed by atoms with Gasteiger partial charge in [0, 0.05) is 23.4 Å². The number of ether oxygens (including phenoxy) is 1. The number of halogens is 4. The second-order valence-corrected chi connectivity index (χ2v) is 6.21. The normalized spacial score (nSPS) is 11.2. The summed E-state index contributed by atoms with van der Waals surface area (Å²) in [7, 11) is 1.46. The second-order valence-electron chi connectivity index (χ2n) is 4.71. The first-order chi connectivity index (χ1) is 11.8. The van der Waals surface area contributed by atoms with E-state index in [1.54, 1.807) is 18.2 Å². The summed E-state index contributed by atoms with van der Waals surface area (Å²) >= 11 is 6.84. The largest absolute Gasteiger partial charge is 0.495 e. The van der Waals surface area contributed by atoms with Crippen molar-refractivity contribution in [2.75, 3.05) is 18.2 Å². The number of hydrogen-bond donors (Lipinski definition) is 1. The predicted octanol–water partition coefficient (Wildman–Crippen LogP) is 4.28. The maximum atomic E-state index is 12.6. The number of anilines is 1. The lowest BCUT2D eigenvalue weighted by Gasteiger charge is -2.10. The van der Waals surface area contributed by atoms with Crippen molar-refractivity contribution in [3.8, 4) is 5.75 Å². The van der Waals surface area contributed by atoms with Gasteiger partial charge in [-0.1, -0.05) is 23.4 Å². The third-order valence-corrected chi connectivity index (χ3v) is 4.02. The number of rotatable bonds is 6. The van der Waals surface area contributed by atoms with E-state index in [1.807, 2.05) is 0 Å². The lowest BCUT2D eigenvalue weighted by Crippen LogP contribution is -2.13. The molecule has 0 aliphatic rings. The van der Waals surface area contributed by atoms with Gasteiger partial charge in [0.2, 0.25) is 5.91 Å². The minimum Gasteiger partial charge on any atom is -0.495 e. The van der Waals surface area contributed by atoms with Gasteiger partial charge in [0.15, 0.2) is 5.16 Å². The summed E-state index contributed by atoms with van der Waals surface area (Å²) < 4.78 is 42.8. The van der Waals surface area contributed by atoms with Gasteiger partial charge in [0.25, 0.3) is 0 Å². The molecule has 5 nitrogen and oxygen atoms in total. The van der Waals surface area contributed by atoms with Crippen LogP contribution in [0, 0.1) is 0 Å². The molecule has 1 aromatic heterocycles. The fraction of sp³-hybridized carbons (Fsp3) is 0.267.